The van der Waals surface area contributed by atoms with Gasteiger partial charge in [-0.1, -0.05) is 38.1 Å². The van der Waals surface area contributed by atoms with E-state index >= 15 is 0 Å². The summed E-state index contributed by atoms with van der Waals surface area (Å²) in [4.78, 5) is 21.6. The molecule has 0 bridgehead atoms. The van der Waals surface area contributed by atoms with Crippen LogP contribution in [0, 0.1) is 5.92 Å². The van der Waals surface area contributed by atoms with Gasteiger partial charge in [0.1, 0.15) is 0 Å². The topological polar surface area (TPSA) is 64.1 Å². The summed E-state index contributed by atoms with van der Waals surface area (Å²) in [5.74, 6) is 0.494. The molecule has 0 aliphatic rings. The molecule has 5 nitrogen and oxygen atoms in total. The van der Waals surface area contributed by atoms with Crippen molar-refractivity contribution in [1.29, 1.82) is 0 Å². The van der Waals surface area contributed by atoms with Gasteiger partial charge in [-0.2, -0.15) is 0 Å². The van der Waals surface area contributed by atoms with Crippen molar-refractivity contribution in [2.24, 2.45) is 5.92 Å². The molecule has 0 unspecified atom stereocenters. The Labute approximate surface area is 147 Å². The smallest absolute Gasteiger partial charge is 0.252 e. The minimum absolute atomic E-state index is 0.126. The zero-order valence-corrected chi connectivity index (χ0v) is 14.6. The molecule has 1 atom stereocenters. The van der Waals surface area contributed by atoms with Crippen molar-refractivity contribution in [2.45, 2.75) is 19.9 Å². The molecule has 1 N–H and O–H groups in total. The summed E-state index contributed by atoms with van der Waals surface area (Å²) < 4.78 is 5.25. The number of para-hydroxylation sites is 1. The summed E-state index contributed by atoms with van der Waals surface area (Å²) in [6.45, 7) is 4.15. The van der Waals surface area contributed by atoms with E-state index in [0.717, 1.165) is 16.5 Å². The maximum absolute atomic E-state index is 13.0. The average molecular weight is 335 g/mol. The van der Waals surface area contributed by atoms with Gasteiger partial charge in [-0.25, -0.2) is 4.98 Å². The fourth-order valence-electron chi connectivity index (χ4n) is 2.86. The van der Waals surface area contributed by atoms with Crippen LogP contribution in [0.5, 0.6) is 5.88 Å². The van der Waals surface area contributed by atoms with E-state index in [0.29, 0.717) is 11.4 Å². The molecule has 0 aliphatic carbocycles. The third-order valence-electron chi connectivity index (χ3n) is 4.14. The maximum Gasteiger partial charge on any atom is 0.252 e. The highest BCUT2D eigenvalue weighted by Crippen LogP contribution is 2.25. The third kappa shape index (κ3) is 3.60. The van der Waals surface area contributed by atoms with Crippen LogP contribution in [0.4, 0.5) is 0 Å². The summed E-state index contributed by atoms with van der Waals surface area (Å²) >= 11 is 0. The van der Waals surface area contributed by atoms with Crippen LogP contribution in [-0.4, -0.2) is 23.0 Å². The first-order chi connectivity index (χ1) is 12.1. The van der Waals surface area contributed by atoms with Gasteiger partial charge in [0, 0.05) is 23.8 Å². The largest absolute Gasteiger partial charge is 0.481 e. The maximum atomic E-state index is 13.0. The number of fused-ring (bicyclic) bond motifs is 1. The molecule has 3 aromatic rings. The Hall–Kier alpha value is -2.95. The number of carbonyl (C=O) groups is 1. The Kier molecular flexibility index (Phi) is 4.93. The zero-order valence-electron chi connectivity index (χ0n) is 14.6. The lowest BCUT2D eigenvalue weighted by Crippen LogP contribution is -2.32. The van der Waals surface area contributed by atoms with Crippen LogP contribution in [0.1, 0.15) is 35.8 Å². The second-order valence-electron chi connectivity index (χ2n) is 6.21. The predicted molar refractivity (Wildman–Crippen MR) is 97.6 cm³/mol. The summed E-state index contributed by atoms with van der Waals surface area (Å²) in [5.41, 5.74) is 2.27. The van der Waals surface area contributed by atoms with Gasteiger partial charge in [-0.05, 0) is 23.6 Å². The molecule has 0 saturated heterocycles. The van der Waals surface area contributed by atoms with E-state index in [2.05, 4.69) is 29.1 Å². The van der Waals surface area contributed by atoms with Gasteiger partial charge in [-0.15, -0.1) is 0 Å². The van der Waals surface area contributed by atoms with Crippen molar-refractivity contribution >= 4 is 16.8 Å². The number of aromatic nitrogens is 2. The number of hydrogen-bond acceptors (Lipinski definition) is 4. The van der Waals surface area contributed by atoms with Crippen LogP contribution in [0.15, 0.2) is 54.9 Å². The van der Waals surface area contributed by atoms with Gasteiger partial charge in [-0.3, -0.25) is 9.78 Å². The molecule has 0 fully saturated rings. The number of ether oxygens (including phenoxy) is 1. The Balaban J connectivity index is 1.99. The molecule has 128 valence electrons. The highest BCUT2D eigenvalue weighted by atomic mass is 16.5. The molecule has 3 rings (SSSR count). The normalized spacial score (nSPS) is 12.2. The highest BCUT2D eigenvalue weighted by molar-refractivity contribution is 6.06. The van der Waals surface area contributed by atoms with Gasteiger partial charge in [0.25, 0.3) is 5.91 Å². The highest BCUT2D eigenvalue weighted by Gasteiger charge is 2.21. The van der Waals surface area contributed by atoms with Crippen LogP contribution < -0.4 is 10.1 Å². The molecular formula is C20H21N3O2. The van der Waals surface area contributed by atoms with Crippen LogP contribution in [0.25, 0.3) is 10.9 Å². The van der Waals surface area contributed by atoms with E-state index in [1.807, 2.05) is 36.4 Å². The molecule has 0 spiro atoms. The van der Waals surface area contributed by atoms with E-state index in [4.69, 9.17) is 4.74 Å². The minimum atomic E-state index is -0.153. The Morgan fingerprint density at radius 3 is 2.64 bits per heavy atom. The summed E-state index contributed by atoms with van der Waals surface area (Å²) in [6.07, 6.45) is 3.51. The number of carbonyl (C=O) groups excluding carboxylic acids is 1. The molecular weight excluding hydrogens is 314 g/mol. The summed E-state index contributed by atoms with van der Waals surface area (Å²) in [6, 6.07) is 13.0. The summed E-state index contributed by atoms with van der Waals surface area (Å²) in [5, 5.41) is 3.93. The molecule has 0 saturated carbocycles. The fourth-order valence-corrected chi connectivity index (χ4v) is 2.86. The number of amides is 1. The lowest BCUT2D eigenvalue weighted by Gasteiger charge is -2.23. The summed E-state index contributed by atoms with van der Waals surface area (Å²) in [7, 11) is 1.55. The number of hydrogen-bond donors (Lipinski definition) is 1. The molecule has 0 radical (unpaired) electrons. The predicted octanol–water partition coefficient (Wildman–Crippen LogP) is 3.77. The Bertz CT molecular complexity index is 879. The van der Waals surface area contributed by atoms with E-state index < -0.39 is 0 Å². The number of nitrogens with zero attached hydrogens (tertiary/aromatic N) is 2. The number of nitrogens with one attached hydrogen (secondary N) is 1. The van der Waals surface area contributed by atoms with Gasteiger partial charge in [0.05, 0.1) is 24.2 Å². The molecule has 1 aromatic carbocycles. The quantitative estimate of drug-likeness (QED) is 0.771. The van der Waals surface area contributed by atoms with Crippen molar-refractivity contribution in [3.8, 4) is 5.88 Å². The van der Waals surface area contributed by atoms with Crippen molar-refractivity contribution in [3.63, 3.8) is 0 Å². The van der Waals surface area contributed by atoms with Crippen molar-refractivity contribution in [1.82, 2.24) is 15.3 Å². The molecule has 2 aromatic heterocycles. The lowest BCUT2D eigenvalue weighted by atomic mass is 9.96. The molecule has 25 heavy (non-hydrogen) atoms. The average Bonchev–Trinajstić information content (AvgIpc) is 2.65. The van der Waals surface area contributed by atoms with Crippen molar-refractivity contribution < 1.29 is 9.53 Å². The number of methoxy groups -OCH3 is 1. The molecule has 2 heterocycles. The van der Waals surface area contributed by atoms with Crippen LogP contribution >= 0.6 is 0 Å². The van der Waals surface area contributed by atoms with Gasteiger partial charge < -0.3 is 10.1 Å². The number of rotatable bonds is 5. The van der Waals surface area contributed by atoms with Gasteiger partial charge in [0.15, 0.2) is 0 Å². The van der Waals surface area contributed by atoms with E-state index in [9.17, 15) is 4.79 Å². The monoisotopic (exact) mass is 335 g/mol. The number of pyridine rings is 2. The lowest BCUT2D eigenvalue weighted by molar-refractivity contribution is 0.0926. The fraction of sp³-hybridized carbons (Fsp3) is 0.250. The van der Waals surface area contributed by atoms with Crippen molar-refractivity contribution in [3.05, 3.63) is 66.0 Å². The first kappa shape index (κ1) is 16.9. The molecule has 5 heteroatoms. The Morgan fingerprint density at radius 2 is 1.96 bits per heavy atom. The SMILES string of the molecule is COc1cc(C(=O)N[C@H](c2cccnc2)C(C)C)c2ccccc2n1. The van der Waals surface area contributed by atoms with E-state index in [-0.39, 0.29) is 17.9 Å². The van der Waals surface area contributed by atoms with E-state index in [1.165, 1.54) is 0 Å². The van der Waals surface area contributed by atoms with Crippen LogP contribution in [-0.2, 0) is 0 Å². The van der Waals surface area contributed by atoms with Gasteiger partial charge in [0.2, 0.25) is 5.88 Å². The second kappa shape index (κ2) is 7.30. The Morgan fingerprint density at radius 1 is 1.16 bits per heavy atom. The molecule has 1 amide bonds. The third-order valence-corrected chi connectivity index (χ3v) is 4.14. The first-order valence-electron chi connectivity index (χ1n) is 8.24. The van der Waals surface area contributed by atoms with Crippen molar-refractivity contribution in [2.75, 3.05) is 7.11 Å². The number of benzene rings is 1. The second-order valence-corrected chi connectivity index (χ2v) is 6.21. The van der Waals surface area contributed by atoms with Gasteiger partial charge >= 0.3 is 0 Å². The standard InChI is InChI=1S/C20H21N3O2/c1-13(2)19(14-7-6-10-21-12-14)23-20(24)16-11-18(25-3)22-17-9-5-4-8-15(16)17/h4-13,19H,1-3H3,(H,23,24)/t19-/m0/s1. The minimum Gasteiger partial charge on any atom is -0.481 e. The van der Waals surface area contributed by atoms with Crippen LogP contribution in [0.3, 0.4) is 0 Å². The first-order valence-corrected chi connectivity index (χ1v) is 8.24. The zero-order chi connectivity index (χ0) is 17.8. The van der Waals surface area contributed by atoms with Crippen LogP contribution in [0.2, 0.25) is 0 Å². The molecule has 0 aliphatic heterocycles. The van der Waals surface area contributed by atoms with E-state index in [1.54, 1.807) is 25.6 Å².